The fraction of sp³-hybridized carbons (Fsp3) is 0.250. The second-order valence-electron chi connectivity index (χ2n) is 4.62. The van der Waals surface area contributed by atoms with Gasteiger partial charge in [-0.1, -0.05) is 59.6 Å². The van der Waals surface area contributed by atoms with Gasteiger partial charge in [0.2, 0.25) is 0 Å². The van der Waals surface area contributed by atoms with E-state index in [0.29, 0.717) is 10.0 Å². The topological polar surface area (TPSA) is 12.0 Å². The Morgan fingerprint density at radius 1 is 0.952 bits per heavy atom. The van der Waals surface area contributed by atoms with Crippen molar-refractivity contribution in [1.29, 1.82) is 0 Å². The third-order valence-electron chi connectivity index (χ3n) is 2.87. The normalized spacial score (nSPS) is 10.9. The van der Waals surface area contributed by atoms with Crippen molar-refractivity contribution < 1.29 is 0 Å². The first-order valence-electron chi connectivity index (χ1n) is 6.72. The van der Waals surface area contributed by atoms with E-state index >= 15 is 0 Å². The Labute approximate surface area is 145 Å². The van der Waals surface area contributed by atoms with E-state index in [-0.39, 0.29) is 0 Å². The minimum Gasteiger partial charge on any atom is -0.313 e. The number of rotatable bonds is 6. The van der Waals surface area contributed by atoms with Gasteiger partial charge in [-0.05, 0) is 48.9 Å². The molecule has 2 aromatic carbocycles. The Kier molecular flexibility index (Phi) is 6.72. The molecule has 2 rings (SSSR count). The monoisotopic (exact) mass is 359 g/mol. The minimum absolute atomic E-state index is 0.554. The van der Waals surface area contributed by atoms with Crippen LogP contribution in [0.1, 0.15) is 18.9 Å². The lowest BCUT2D eigenvalue weighted by molar-refractivity contribution is 0.675. The van der Waals surface area contributed by atoms with Gasteiger partial charge in [0.05, 0.1) is 15.1 Å². The summed E-state index contributed by atoms with van der Waals surface area (Å²) in [5.74, 6) is 0. The van der Waals surface area contributed by atoms with Gasteiger partial charge in [0.25, 0.3) is 0 Å². The summed E-state index contributed by atoms with van der Waals surface area (Å²) in [6.45, 7) is 4.00. The predicted octanol–water partition coefficient (Wildman–Crippen LogP) is 6.30. The first kappa shape index (κ1) is 17.0. The summed E-state index contributed by atoms with van der Waals surface area (Å²) in [6.07, 6.45) is 1.12. The van der Waals surface area contributed by atoms with Crippen LogP contribution in [0.25, 0.3) is 0 Å². The zero-order chi connectivity index (χ0) is 15.2. The average Bonchev–Trinajstić information content (AvgIpc) is 2.46. The molecule has 0 spiro atoms. The van der Waals surface area contributed by atoms with Gasteiger partial charge in [0.15, 0.2) is 0 Å². The Morgan fingerprint density at radius 2 is 1.76 bits per heavy atom. The molecule has 5 heteroatoms. The van der Waals surface area contributed by atoms with Crippen molar-refractivity contribution in [3.63, 3.8) is 0 Å². The highest BCUT2D eigenvalue weighted by molar-refractivity contribution is 7.99. The van der Waals surface area contributed by atoms with Crippen LogP contribution in [0.5, 0.6) is 0 Å². The van der Waals surface area contributed by atoms with Crippen LogP contribution in [-0.2, 0) is 6.54 Å². The van der Waals surface area contributed by atoms with E-state index in [1.54, 1.807) is 17.8 Å². The van der Waals surface area contributed by atoms with E-state index in [4.69, 9.17) is 34.8 Å². The maximum Gasteiger partial charge on any atom is 0.0603 e. The maximum absolute atomic E-state index is 6.36. The van der Waals surface area contributed by atoms with E-state index in [1.807, 2.05) is 24.3 Å². The Morgan fingerprint density at radius 3 is 2.43 bits per heavy atom. The molecule has 2 aromatic rings. The third-order valence-corrected chi connectivity index (χ3v) is 5.10. The van der Waals surface area contributed by atoms with Gasteiger partial charge < -0.3 is 5.32 Å². The molecule has 21 heavy (non-hydrogen) atoms. The van der Waals surface area contributed by atoms with Gasteiger partial charge in [0.1, 0.15) is 0 Å². The number of halogens is 3. The molecule has 112 valence electrons. The van der Waals surface area contributed by atoms with E-state index in [9.17, 15) is 0 Å². The number of hydrogen-bond donors (Lipinski definition) is 1. The molecule has 0 bridgehead atoms. The summed E-state index contributed by atoms with van der Waals surface area (Å²) in [4.78, 5) is 2.03. The van der Waals surface area contributed by atoms with E-state index < -0.39 is 0 Å². The number of hydrogen-bond acceptors (Lipinski definition) is 2. The van der Waals surface area contributed by atoms with Crippen LogP contribution in [0.2, 0.25) is 15.1 Å². The van der Waals surface area contributed by atoms with Crippen molar-refractivity contribution in [3.05, 3.63) is 57.0 Å². The molecule has 1 N–H and O–H groups in total. The smallest absolute Gasteiger partial charge is 0.0603 e. The molecule has 0 fully saturated rings. The summed E-state index contributed by atoms with van der Waals surface area (Å²) in [5, 5.41) is 5.23. The van der Waals surface area contributed by atoms with Gasteiger partial charge in [-0.15, -0.1) is 0 Å². The summed E-state index contributed by atoms with van der Waals surface area (Å²) >= 11 is 19.9. The molecule has 0 amide bonds. The standard InChI is InChI=1S/C16H16Cl3NS/c1-2-7-20-10-11-3-6-16(15(19)8-11)21-12-4-5-13(17)14(18)9-12/h3-6,8-9,20H,2,7,10H2,1H3. The molecular weight excluding hydrogens is 345 g/mol. The predicted molar refractivity (Wildman–Crippen MR) is 94.0 cm³/mol. The third kappa shape index (κ3) is 5.08. The highest BCUT2D eigenvalue weighted by Gasteiger charge is 2.06. The van der Waals surface area contributed by atoms with Crippen molar-refractivity contribution in [1.82, 2.24) is 5.32 Å². The van der Waals surface area contributed by atoms with Crippen molar-refractivity contribution in [2.75, 3.05) is 6.54 Å². The van der Waals surface area contributed by atoms with Crippen molar-refractivity contribution in [2.45, 2.75) is 29.7 Å². The lowest BCUT2D eigenvalue weighted by Crippen LogP contribution is -2.13. The molecule has 0 unspecified atom stereocenters. The summed E-state index contributed by atoms with van der Waals surface area (Å²) in [5.41, 5.74) is 1.19. The van der Waals surface area contributed by atoms with Crippen LogP contribution < -0.4 is 5.32 Å². The molecule has 1 nitrogen and oxygen atoms in total. The van der Waals surface area contributed by atoms with Crippen LogP contribution in [-0.4, -0.2) is 6.54 Å². The van der Waals surface area contributed by atoms with Crippen molar-refractivity contribution in [3.8, 4) is 0 Å². The minimum atomic E-state index is 0.554. The molecule has 0 saturated heterocycles. The molecule has 0 aromatic heterocycles. The molecule has 0 radical (unpaired) electrons. The van der Waals surface area contributed by atoms with Crippen LogP contribution in [0, 0.1) is 0 Å². The summed E-state index contributed by atoms with van der Waals surface area (Å²) < 4.78 is 0. The van der Waals surface area contributed by atoms with Crippen LogP contribution in [0.4, 0.5) is 0 Å². The second-order valence-corrected chi connectivity index (χ2v) is 6.96. The Hall–Kier alpha value is -0.380. The molecule has 0 atom stereocenters. The van der Waals surface area contributed by atoms with Crippen LogP contribution in [0.3, 0.4) is 0 Å². The van der Waals surface area contributed by atoms with Gasteiger partial charge in [-0.2, -0.15) is 0 Å². The van der Waals surface area contributed by atoms with E-state index in [1.165, 1.54) is 5.56 Å². The van der Waals surface area contributed by atoms with E-state index in [0.717, 1.165) is 34.3 Å². The molecule has 0 saturated carbocycles. The Bertz CT molecular complexity index is 616. The molecular formula is C16H16Cl3NS. The maximum atomic E-state index is 6.36. The van der Waals surface area contributed by atoms with Gasteiger partial charge in [-0.25, -0.2) is 0 Å². The van der Waals surface area contributed by atoms with Gasteiger partial charge >= 0.3 is 0 Å². The lowest BCUT2D eigenvalue weighted by atomic mass is 10.2. The summed E-state index contributed by atoms with van der Waals surface area (Å²) in [7, 11) is 0. The van der Waals surface area contributed by atoms with Crippen molar-refractivity contribution in [2.24, 2.45) is 0 Å². The average molecular weight is 361 g/mol. The van der Waals surface area contributed by atoms with Crippen molar-refractivity contribution >= 4 is 46.6 Å². The molecule has 0 aliphatic carbocycles. The van der Waals surface area contributed by atoms with E-state index in [2.05, 4.69) is 18.3 Å². The van der Waals surface area contributed by atoms with Crippen LogP contribution in [0.15, 0.2) is 46.2 Å². The lowest BCUT2D eigenvalue weighted by Gasteiger charge is -2.08. The molecule has 0 heterocycles. The zero-order valence-electron chi connectivity index (χ0n) is 11.6. The molecule has 0 aliphatic rings. The zero-order valence-corrected chi connectivity index (χ0v) is 14.7. The second kappa shape index (κ2) is 8.30. The van der Waals surface area contributed by atoms with Gasteiger partial charge in [0, 0.05) is 16.3 Å². The Balaban J connectivity index is 2.08. The van der Waals surface area contributed by atoms with Crippen LogP contribution >= 0.6 is 46.6 Å². The first-order chi connectivity index (χ1) is 10.1. The fourth-order valence-corrected chi connectivity index (χ4v) is 3.35. The molecule has 0 aliphatic heterocycles. The SMILES string of the molecule is CCCNCc1ccc(Sc2ccc(Cl)c(Cl)c2)c(Cl)c1. The summed E-state index contributed by atoms with van der Waals surface area (Å²) in [6, 6.07) is 11.7. The largest absolute Gasteiger partial charge is 0.313 e. The first-order valence-corrected chi connectivity index (χ1v) is 8.67. The fourth-order valence-electron chi connectivity index (χ4n) is 1.81. The highest BCUT2D eigenvalue weighted by atomic mass is 35.5. The quantitative estimate of drug-likeness (QED) is 0.607. The van der Waals surface area contributed by atoms with Gasteiger partial charge in [-0.3, -0.25) is 0 Å². The number of nitrogens with one attached hydrogen (secondary N) is 1. The highest BCUT2D eigenvalue weighted by Crippen LogP contribution is 2.36. The number of benzene rings is 2.